The molecule has 0 atom stereocenters. The Morgan fingerprint density at radius 2 is 1.25 bits per heavy atom. The van der Waals surface area contributed by atoms with Crippen molar-refractivity contribution in [1.29, 1.82) is 0 Å². The van der Waals surface area contributed by atoms with Gasteiger partial charge in [0.2, 0.25) is 0 Å². The Bertz CT molecular complexity index is 106. The van der Waals surface area contributed by atoms with Crippen molar-refractivity contribution < 1.29 is 53.6 Å². The van der Waals surface area contributed by atoms with Crippen molar-refractivity contribution in [2.75, 3.05) is 0 Å². The van der Waals surface area contributed by atoms with Gasteiger partial charge in [-0.3, -0.25) is 8.42 Å². The first-order chi connectivity index (χ1) is 3.00. The van der Waals surface area contributed by atoms with Crippen LogP contribution in [0.3, 0.4) is 0 Å². The number of hydrogen-bond acceptors (Lipinski definition) is 5. The first-order valence-electron chi connectivity index (χ1n) is 0.955. The number of rotatable bonds is 0. The van der Waals surface area contributed by atoms with Crippen LogP contribution in [0.5, 0.6) is 0 Å². The average molecular weight is 259 g/mol. The molecule has 0 rings (SSSR count). The summed E-state index contributed by atoms with van der Waals surface area (Å²) >= 11 is 0.958. The van der Waals surface area contributed by atoms with E-state index in [1.165, 1.54) is 0 Å². The standard InChI is InChI=1S/H2O4S.S.2Zn/c1-5(2,3)4;;;/h(H2,1,2,3,4);;;/q;;;+2/p-2. The summed E-state index contributed by atoms with van der Waals surface area (Å²) in [5.74, 6) is 0. The van der Waals surface area contributed by atoms with Crippen molar-refractivity contribution in [2.24, 2.45) is 0 Å². The van der Waals surface area contributed by atoms with E-state index in [9.17, 15) is 0 Å². The van der Waals surface area contributed by atoms with Gasteiger partial charge < -0.3 is 9.11 Å². The molecular weight excluding hydrogens is 259 g/mol. The molecule has 0 heterocycles. The second-order valence-electron chi connectivity index (χ2n) is 0.408. The van der Waals surface area contributed by atoms with Gasteiger partial charge in [0.05, 0.1) is 0 Å². The van der Waals surface area contributed by atoms with Crippen LogP contribution in [0.15, 0.2) is 0 Å². The van der Waals surface area contributed by atoms with Crippen LogP contribution in [0.25, 0.3) is 0 Å². The van der Waals surface area contributed by atoms with Gasteiger partial charge in [0.25, 0.3) is 0 Å². The summed E-state index contributed by atoms with van der Waals surface area (Å²) in [4.78, 5) is 0. The van der Waals surface area contributed by atoms with Gasteiger partial charge in [-0.15, -0.1) is 0 Å². The monoisotopic (exact) mass is 256 g/mol. The van der Waals surface area contributed by atoms with Gasteiger partial charge in [-0.25, -0.2) is 0 Å². The van der Waals surface area contributed by atoms with Crippen molar-refractivity contribution in [3.8, 4) is 0 Å². The van der Waals surface area contributed by atoms with Crippen molar-refractivity contribution in [2.45, 2.75) is 0 Å². The predicted molar refractivity (Wildman–Crippen MR) is 18.1 cm³/mol. The average Bonchev–Trinajstić information content (AvgIpc) is 1.36. The van der Waals surface area contributed by atoms with Crippen LogP contribution in [-0.2, 0) is 46.4 Å². The maximum atomic E-state index is 8.52. The maximum Gasteiger partial charge on any atom is 2.00 e. The quantitative estimate of drug-likeness (QED) is 0.326. The van der Waals surface area contributed by atoms with E-state index in [0.717, 1.165) is 16.6 Å². The fourth-order valence-electron chi connectivity index (χ4n) is 0. The Labute approximate surface area is 73.7 Å². The molecule has 0 aromatic rings. The van der Waals surface area contributed by atoms with Gasteiger partial charge in [-0.2, -0.15) is 0 Å². The van der Waals surface area contributed by atoms with Gasteiger partial charge >= 0.3 is 46.1 Å². The Morgan fingerprint density at radius 3 is 1.25 bits per heavy atom. The van der Waals surface area contributed by atoms with Crippen LogP contribution in [0.1, 0.15) is 0 Å². The van der Waals surface area contributed by atoms with Crippen molar-refractivity contribution >= 4 is 20.5 Å². The molecule has 8 heavy (non-hydrogen) atoms. The topological polar surface area (TPSA) is 80.3 Å². The van der Waals surface area contributed by atoms with Crippen molar-refractivity contribution in [3.63, 3.8) is 0 Å². The third-order valence-electron chi connectivity index (χ3n) is 0. The zero-order chi connectivity index (χ0) is 6.50. The summed E-state index contributed by atoms with van der Waals surface area (Å²) in [7, 11) is -0.958. The molecule has 40 valence electrons. The first kappa shape index (κ1) is 16.2. The van der Waals surface area contributed by atoms with Crippen LogP contribution >= 0.6 is 10.1 Å². The molecule has 4 nitrogen and oxygen atoms in total. The number of hydrogen-bond donors (Lipinski definition) is 0. The molecule has 0 saturated carbocycles. The van der Waals surface area contributed by atoms with E-state index in [1.807, 2.05) is 0 Å². The van der Waals surface area contributed by atoms with Crippen molar-refractivity contribution in [3.05, 3.63) is 0 Å². The molecule has 8 heteroatoms. The van der Waals surface area contributed by atoms with E-state index in [-0.39, 0.29) is 19.5 Å². The molecule has 0 bridgehead atoms. The summed E-state index contributed by atoms with van der Waals surface area (Å²) in [5.41, 5.74) is 0. The molecule has 0 unspecified atom stereocenters. The van der Waals surface area contributed by atoms with Gasteiger partial charge in [0.1, 0.15) is 0 Å². The van der Waals surface area contributed by atoms with E-state index >= 15 is 0 Å². The van der Waals surface area contributed by atoms with E-state index < -0.39 is 10.4 Å². The van der Waals surface area contributed by atoms with Gasteiger partial charge in [-0.1, -0.05) is 0 Å². The van der Waals surface area contributed by atoms with Crippen LogP contribution in [-0.4, -0.2) is 17.5 Å². The fourth-order valence-corrected chi connectivity index (χ4v) is 0. The molecule has 0 aromatic carbocycles. The molecule has 0 saturated heterocycles. The summed E-state index contributed by atoms with van der Waals surface area (Å²) < 4.78 is 34.1. The summed E-state index contributed by atoms with van der Waals surface area (Å²) in [6.07, 6.45) is 0. The fraction of sp³-hybridized carbons (Fsp3) is 0. The SMILES string of the molecule is O=S(=O)([O-])[O-].[S]=[Zn].[Zn+2]. The normalized spacial score (nSPS) is 8.00. The largest absolute Gasteiger partial charge is 2.00 e. The first-order valence-corrected chi connectivity index (χ1v) is 6.50. The third-order valence-corrected chi connectivity index (χ3v) is 0. The van der Waals surface area contributed by atoms with Gasteiger partial charge in [-0.05, 0) is 0 Å². The second kappa shape index (κ2) is 8.34. The molecular formula is O4S2Zn2. The van der Waals surface area contributed by atoms with Crippen LogP contribution < -0.4 is 0 Å². The summed E-state index contributed by atoms with van der Waals surface area (Å²) in [6, 6.07) is 0. The van der Waals surface area contributed by atoms with E-state index in [0.29, 0.717) is 0 Å². The van der Waals surface area contributed by atoms with Crippen LogP contribution in [0.2, 0.25) is 0 Å². The minimum atomic E-state index is -5.17. The summed E-state index contributed by atoms with van der Waals surface area (Å²) in [6.45, 7) is 0. The molecule has 0 aliphatic rings. The molecule has 0 spiro atoms. The Hall–Kier alpha value is 1.34. The zero-order valence-corrected chi connectivity index (χ0v) is 11.4. The second-order valence-corrected chi connectivity index (χ2v) is 1.22. The zero-order valence-electron chi connectivity index (χ0n) is 3.86. The summed E-state index contributed by atoms with van der Waals surface area (Å²) in [5, 5.41) is 0. The molecule has 0 fully saturated rings. The molecule has 0 amide bonds. The maximum absolute atomic E-state index is 8.52. The van der Waals surface area contributed by atoms with E-state index in [4.69, 9.17) is 17.5 Å². The molecule has 0 aromatic heterocycles. The van der Waals surface area contributed by atoms with Crippen LogP contribution in [0, 0.1) is 0 Å². The van der Waals surface area contributed by atoms with Crippen LogP contribution in [0.4, 0.5) is 0 Å². The van der Waals surface area contributed by atoms with Gasteiger partial charge in [0, 0.05) is 10.4 Å². The van der Waals surface area contributed by atoms with E-state index in [1.54, 1.807) is 0 Å². The third kappa shape index (κ3) is 165. The van der Waals surface area contributed by atoms with Gasteiger partial charge in [0.15, 0.2) is 0 Å². The smallest absolute Gasteiger partial charge is 2.00 e. The Kier molecular flexibility index (Phi) is 16.8. The minimum Gasteiger partial charge on any atom is 2.00 e. The Balaban J connectivity index is -0.0000000750. The van der Waals surface area contributed by atoms with E-state index in [2.05, 4.69) is 10.1 Å². The predicted octanol–water partition coefficient (Wildman–Crippen LogP) is -0.695. The molecule has 0 N–H and O–H groups in total. The van der Waals surface area contributed by atoms with Crippen molar-refractivity contribution in [1.82, 2.24) is 0 Å². The molecule has 0 aliphatic heterocycles. The molecule has 0 aliphatic carbocycles. The Morgan fingerprint density at radius 1 is 1.25 bits per heavy atom. The minimum absolute atomic E-state index is 0. The molecule has 0 radical (unpaired) electrons.